The van der Waals surface area contributed by atoms with Gasteiger partial charge in [-0.15, -0.1) is 41.7 Å². The van der Waals surface area contributed by atoms with Gasteiger partial charge in [-0.1, -0.05) is 18.9 Å². The summed E-state index contributed by atoms with van der Waals surface area (Å²) in [4.78, 5) is 5.87. The highest BCUT2D eigenvalue weighted by molar-refractivity contribution is 14.0. The van der Waals surface area contributed by atoms with Crippen LogP contribution in [0.4, 0.5) is 0 Å². The Morgan fingerprint density at radius 2 is 2.33 bits per heavy atom. The van der Waals surface area contributed by atoms with Crippen LogP contribution in [0.1, 0.15) is 24.6 Å². The normalized spacial score (nSPS) is 12.2. The van der Waals surface area contributed by atoms with E-state index < -0.39 is 0 Å². The summed E-state index contributed by atoms with van der Waals surface area (Å²) >= 11 is 1.77. The van der Waals surface area contributed by atoms with E-state index in [4.69, 9.17) is 6.42 Å². The van der Waals surface area contributed by atoms with Gasteiger partial charge in [0.25, 0.3) is 0 Å². The van der Waals surface area contributed by atoms with E-state index in [9.17, 15) is 0 Å². The van der Waals surface area contributed by atoms with E-state index in [2.05, 4.69) is 46.0 Å². The highest BCUT2D eigenvalue weighted by atomic mass is 127. The highest BCUT2D eigenvalue weighted by Gasteiger charge is 2.05. The maximum atomic E-state index is 5.21. The van der Waals surface area contributed by atoms with Gasteiger partial charge in [0.15, 0.2) is 5.96 Å². The summed E-state index contributed by atoms with van der Waals surface area (Å²) in [7, 11) is 0. The molecule has 2 N–H and O–H groups in total. The first-order valence-corrected chi connectivity index (χ1v) is 6.65. The van der Waals surface area contributed by atoms with E-state index in [1.807, 2.05) is 6.92 Å². The van der Waals surface area contributed by atoms with Crippen LogP contribution in [0.3, 0.4) is 0 Å². The summed E-state index contributed by atoms with van der Waals surface area (Å²) in [6.45, 7) is 6.32. The van der Waals surface area contributed by atoms with Crippen molar-refractivity contribution in [1.82, 2.24) is 10.6 Å². The van der Waals surface area contributed by atoms with Gasteiger partial charge in [0.1, 0.15) is 0 Å². The third kappa shape index (κ3) is 6.26. The molecule has 0 radical (unpaired) electrons. The molecule has 18 heavy (non-hydrogen) atoms. The summed E-state index contributed by atoms with van der Waals surface area (Å²) in [6.07, 6.45) is 5.21. The van der Waals surface area contributed by atoms with Gasteiger partial charge in [0, 0.05) is 17.3 Å². The molecule has 3 nitrogen and oxygen atoms in total. The lowest BCUT2D eigenvalue weighted by atomic mass is 10.1. The zero-order valence-corrected chi connectivity index (χ0v) is 13.9. The minimum Gasteiger partial charge on any atom is -0.357 e. The van der Waals surface area contributed by atoms with Crippen LogP contribution in [-0.2, 0) is 0 Å². The molecule has 0 aliphatic heterocycles. The average molecular weight is 377 g/mol. The quantitative estimate of drug-likeness (QED) is 0.358. The molecule has 1 rings (SSSR count). The monoisotopic (exact) mass is 377 g/mol. The van der Waals surface area contributed by atoms with E-state index in [0.29, 0.717) is 12.5 Å². The maximum absolute atomic E-state index is 5.21. The molecule has 1 aromatic rings. The number of terminal acetylenes is 1. The molecular formula is C13H20IN3S. The number of nitrogens with zero attached hydrogens (tertiary/aromatic N) is 1. The number of rotatable bonds is 5. The fraction of sp³-hybridized carbons (Fsp3) is 0.462. The van der Waals surface area contributed by atoms with Crippen LogP contribution in [0.5, 0.6) is 0 Å². The number of thiophene rings is 1. The Hall–Kier alpha value is -0.740. The van der Waals surface area contributed by atoms with Gasteiger partial charge in [0.2, 0.25) is 0 Å². The molecule has 0 spiro atoms. The van der Waals surface area contributed by atoms with Gasteiger partial charge >= 0.3 is 0 Å². The number of hydrogen-bond donors (Lipinski definition) is 2. The lowest BCUT2D eigenvalue weighted by Crippen LogP contribution is -2.37. The van der Waals surface area contributed by atoms with E-state index >= 15 is 0 Å². The number of halogens is 1. The van der Waals surface area contributed by atoms with Crippen molar-refractivity contribution in [2.75, 3.05) is 19.6 Å². The topological polar surface area (TPSA) is 36.4 Å². The van der Waals surface area contributed by atoms with Crippen LogP contribution in [-0.4, -0.2) is 25.6 Å². The summed E-state index contributed by atoms with van der Waals surface area (Å²) < 4.78 is 0. The molecule has 0 aliphatic carbocycles. The fourth-order valence-corrected chi connectivity index (χ4v) is 2.14. The number of nitrogens with one attached hydrogen (secondary N) is 2. The Kier molecular flexibility index (Phi) is 9.79. The summed E-state index contributed by atoms with van der Waals surface area (Å²) in [6, 6.07) is 4.22. The first kappa shape index (κ1) is 17.3. The van der Waals surface area contributed by atoms with Gasteiger partial charge in [0.05, 0.1) is 13.1 Å². The van der Waals surface area contributed by atoms with Gasteiger partial charge in [-0.2, -0.15) is 0 Å². The van der Waals surface area contributed by atoms with Crippen molar-refractivity contribution in [2.45, 2.75) is 19.8 Å². The van der Waals surface area contributed by atoms with Crippen LogP contribution >= 0.6 is 35.3 Å². The van der Waals surface area contributed by atoms with E-state index in [1.165, 1.54) is 4.88 Å². The Morgan fingerprint density at radius 1 is 1.56 bits per heavy atom. The van der Waals surface area contributed by atoms with Crippen molar-refractivity contribution < 1.29 is 0 Å². The molecule has 1 unspecified atom stereocenters. The molecule has 0 amide bonds. The predicted octanol–water partition coefficient (Wildman–Crippen LogP) is 2.66. The van der Waals surface area contributed by atoms with Crippen molar-refractivity contribution in [3.63, 3.8) is 0 Å². The Balaban J connectivity index is 0.00000289. The lowest BCUT2D eigenvalue weighted by Gasteiger charge is -2.11. The van der Waals surface area contributed by atoms with Crippen LogP contribution in [0, 0.1) is 12.3 Å². The third-order valence-electron chi connectivity index (χ3n) is 2.25. The first-order chi connectivity index (χ1) is 8.27. The molecule has 1 atom stereocenters. The summed E-state index contributed by atoms with van der Waals surface area (Å²) in [5, 5.41) is 8.34. The van der Waals surface area contributed by atoms with Gasteiger partial charge in [-0.3, -0.25) is 4.99 Å². The van der Waals surface area contributed by atoms with E-state index in [-0.39, 0.29) is 24.0 Å². The van der Waals surface area contributed by atoms with E-state index in [1.54, 1.807) is 11.3 Å². The summed E-state index contributed by atoms with van der Waals surface area (Å²) in [5.74, 6) is 3.77. The van der Waals surface area contributed by atoms with Gasteiger partial charge in [-0.25, -0.2) is 0 Å². The third-order valence-corrected chi connectivity index (χ3v) is 3.36. The molecule has 100 valence electrons. The second-order valence-electron chi connectivity index (χ2n) is 3.69. The molecule has 0 aliphatic rings. The molecule has 1 heterocycles. The first-order valence-electron chi connectivity index (χ1n) is 5.77. The maximum Gasteiger partial charge on any atom is 0.192 e. The van der Waals surface area contributed by atoms with Crippen LogP contribution in [0.2, 0.25) is 0 Å². The molecule has 0 saturated heterocycles. The van der Waals surface area contributed by atoms with Crippen molar-refractivity contribution >= 4 is 41.3 Å². The van der Waals surface area contributed by atoms with Gasteiger partial charge in [-0.05, 0) is 18.4 Å². The summed E-state index contributed by atoms with van der Waals surface area (Å²) in [5.41, 5.74) is 0. The number of hydrogen-bond acceptors (Lipinski definition) is 2. The minimum absolute atomic E-state index is 0. The number of guanidine groups is 1. The molecule has 0 saturated carbocycles. The standard InChI is InChI=1S/C13H19N3S.HI/c1-4-8-15-13(14-5-2)16-10-11(3)12-7-6-9-17-12;/h1,6-7,9,11H,5,8,10H2,2-3H3,(H2,14,15,16);1H. The Labute approximate surface area is 130 Å². The Morgan fingerprint density at radius 3 is 2.89 bits per heavy atom. The van der Waals surface area contributed by atoms with Crippen molar-refractivity contribution in [3.05, 3.63) is 22.4 Å². The second-order valence-corrected chi connectivity index (χ2v) is 4.67. The molecule has 1 aromatic heterocycles. The van der Waals surface area contributed by atoms with Crippen molar-refractivity contribution in [3.8, 4) is 12.3 Å². The largest absolute Gasteiger partial charge is 0.357 e. The molecule has 5 heteroatoms. The SMILES string of the molecule is C#CCNC(=NCC(C)c1cccs1)NCC.I. The minimum atomic E-state index is 0. The van der Waals surface area contributed by atoms with E-state index in [0.717, 1.165) is 19.0 Å². The zero-order chi connectivity index (χ0) is 12.5. The smallest absolute Gasteiger partial charge is 0.192 e. The zero-order valence-electron chi connectivity index (χ0n) is 10.8. The Bertz CT molecular complexity index is 381. The van der Waals surface area contributed by atoms with Gasteiger partial charge < -0.3 is 10.6 Å². The second kappa shape index (κ2) is 10.2. The van der Waals surface area contributed by atoms with Crippen LogP contribution < -0.4 is 10.6 Å². The predicted molar refractivity (Wildman–Crippen MR) is 91.0 cm³/mol. The molecule has 0 aromatic carbocycles. The molecule has 0 fully saturated rings. The molecular weight excluding hydrogens is 357 g/mol. The molecule has 0 bridgehead atoms. The highest BCUT2D eigenvalue weighted by Crippen LogP contribution is 2.20. The lowest BCUT2D eigenvalue weighted by molar-refractivity contribution is 0.770. The average Bonchev–Trinajstić information content (AvgIpc) is 2.86. The van der Waals surface area contributed by atoms with Crippen molar-refractivity contribution in [2.24, 2.45) is 4.99 Å². The van der Waals surface area contributed by atoms with Crippen molar-refractivity contribution in [1.29, 1.82) is 0 Å². The van der Waals surface area contributed by atoms with Crippen LogP contribution in [0.15, 0.2) is 22.5 Å². The number of aliphatic imine (C=N–C) groups is 1. The fourth-order valence-electron chi connectivity index (χ4n) is 1.37. The van der Waals surface area contributed by atoms with Crippen LogP contribution in [0.25, 0.3) is 0 Å².